The maximum atomic E-state index is 12.5. The molecule has 0 aliphatic rings. The number of hydrazone groups is 1. The van der Waals surface area contributed by atoms with Crippen molar-refractivity contribution in [1.29, 1.82) is 0 Å². The Hall–Kier alpha value is -3.75. The molecule has 0 atom stereocenters. The summed E-state index contributed by atoms with van der Waals surface area (Å²) in [4.78, 5) is 17.1. The number of amides is 1. The van der Waals surface area contributed by atoms with Crippen LogP contribution in [-0.4, -0.2) is 23.7 Å². The first-order chi connectivity index (χ1) is 17.0. The smallest absolute Gasteiger partial charge is 0.271 e. The SMILES string of the molecule is C=CCOc1ccc(/C=N\NC(=O)c2ccc(-c3csc(Nc4ccc(C)cc4)n3)cc2)cc1Br. The molecule has 8 heteroatoms. The van der Waals surface area contributed by atoms with Gasteiger partial charge in [0.25, 0.3) is 5.91 Å². The molecule has 2 N–H and O–H groups in total. The van der Waals surface area contributed by atoms with Crippen molar-refractivity contribution in [3.8, 4) is 17.0 Å². The third-order valence-corrected chi connectivity index (χ3v) is 6.32. The summed E-state index contributed by atoms with van der Waals surface area (Å²) in [6.07, 6.45) is 3.26. The largest absolute Gasteiger partial charge is 0.488 e. The molecule has 1 aromatic heterocycles. The number of carbonyl (C=O) groups is 1. The van der Waals surface area contributed by atoms with Crippen LogP contribution in [0.3, 0.4) is 0 Å². The Morgan fingerprint density at radius 1 is 1.14 bits per heavy atom. The van der Waals surface area contributed by atoms with Crippen molar-refractivity contribution < 1.29 is 9.53 Å². The number of halogens is 1. The second-order valence-corrected chi connectivity index (χ2v) is 9.31. The van der Waals surface area contributed by atoms with Crippen molar-refractivity contribution >= 4 is 50.2 Å². The Balaban J connectivity index is 1.34. The van der Waals surface area contributed by atoms with E-state index in [-0.39, 0.29) is 5.91 Å². The van der Waals surface area contributed by atoms with E-state index in [0.29, 0.717) is 17.9 Å². The van der Waals surface area contributed by atoms with Crippen molar-refractivity contribution in [3.63, 3.8) is 0 Å². The molecule has 1 amide bonds. The summed E-state index contributed by atoms with van der Waals surface area (Å²) in [6, 6.07) is 21.0. The van der Waals surface area contributed by atoms with Gasteiger partial charge < -0.3 is 10.1 Å². The number of nitrogens with zero attached hydrogens (tertiary/aromatic N) is 2. The summed E-state index contributed by atoms with van der Waals surface area (Å²) in [5, 5.41) is 10.2. The molecule has 0 aliphatic heterocycles. The summed E-state index contributed by atoms with van der Waals surface area (Å²) in [6.45, 7) is 6.12. The van der Waals surface area contributed by atoms with Gasteiger partial charge >= 0.3 is 0 Å². The van der Waals surface area contributed by atoms with Crippen LogP contribution in [0.5, 0.6) is 5.75 Å². The minimum atomic E-state index is -0.294. The van der Waals surface area contributed by atoms with E-state index in [1.54, 1.807) is 24.4 Å². The fourth-order valence-corrected chi connectivity index (χ4v) is 4.36. The molecule has 35 heavy (non-hydrogen) atoms. The van der Waals surface area contributed by atoms with Crippen LogP contribution in [0.25, 0.3) is 11.3 Å². The van der Waals surface area contributed by atoms with E-state index in [9.17, 15) is 4.79 Å². The molecule has 0 saturated heterocycles. The van der Waals surface area contributed by atoms with Crippen molar-refractivity contribution in [2.24, 2.45) is 5.10 Å². The van der Waals surface area contributed by atoms with Gasteiger partial charge in [-0.1, -0.05) is 42.5 Å². The van der Waals surface area contributed by atoms with Gasteiger partial charge in [0.05, 0.1) is 16.4 Å². The zero-order valence-corrected chi connectivity index (χ0v) is 21.4. The van der Waals surface area contributed by atoms with Crippen molar-refractivity contribution in [1.82, 2.24) is 10.4 Å². The molecule has 0 fully saturated rings. The molecule has 0 unspecified atom stereocenters. The number of aryl methyl sites for hydroxylation is 1. The van der Waals surface area contributed by atoms with Gasteiger partial charge in [0.15, 0.2) is 5.13 Å². The summed E-state index contributed by atoms with van der Waals surface area (Å²) >= 11 is 5.00. The lowest BCUT2D eigenvalue weighted by Gasteiger charge is -2.06. The number of carbonyl (C=O) groups excluding carboxylic acids is 1. The van der Waals surface area contributed by atoms with E-state index in [0.717, 1.165) is 32.1 Å². The molecular formula is C27H23BrN4O2S. The second-order valence-electron chi connectivity index (χ2n) is 7.59. The van der Waals surface area contributed by atoms with Crippen molar-refractivity contribution in [2.45, 2.75) is 6.92 Å². The molecule has 6 nitrogen and oxygen atoms in total. The van der Waals surface area contributed by atoms with E-state index < -0.39 is 0 Å². The number of nitrogens with one attached hydrogen (secondary N) is 2. The zero-order valence-electron chi connectivity index (χ0n) is 19.0. The highest BCUT2D eigenvalue weighted by molar-refractivity contribution is 9.10. The Bertz CT molecular complexity index is 1350. The topological polar surface area (TPSA) is 75.6 Å². The summed E-state index contributed by atoms with van der Waals surface area (Å²) in [7, 11) is 0. The second kappa shape index (κ2) is 11.6. The fourth-order valence-electron chi connectivity index (χ4n) is 3.11. The van der Waals surface area contributed by atoms with Gasteiger partial charge in [-0.3, -0.25) is 4.79 Å². The van der Waals surface area contributed by atoms with E-state index >= 15 is 0 Å². The van der Waals surface area contributed by atoms with E-state index in [2.05, 4.69) is 62.4 Å². The Kier molecular flexibility index (Phi) is 8.07. The minimum Gasteiger partial charge on any atom is -0.488 e. The van der Waals surface area contributed by atoms with Crippen LogP contribution in [0.4, 0.5) is 10.8 Å². The van der Waals surface area contributed by atoms with Crippen molar-refractivity contribution in [2.75, 3.05) is 11.9 Å². The zero-order chi connectivity index (χ0) is 24.6. The maximum absolute atomic E-state index is 12.5. The summed E-state index contributed by atoms with van der Waals surface area (Å²) in [5.74, 6) is 0.419. The average Bonchev–Trinajstić information content (AvgIpc) is 3.33. The van der Waals surface area contributed by atoms with Gasteiger partial charge in [0.1, 0.15) is 12.4 Å². The number of thiazole rings is 1. The van der Waals surface area contributed by atoms with E-state index in [1.165, 1.54) is 16.9 Å². The highest BCUT2D eigenvalue weighted by Crippen LogP contribution is 2.28. The third kappa shape index (κ3) is 6.65. The van der Waals surface area contributed by atoms with Crippen molar-refractivity contribution in [3.05, 3.63) is 106 Å². The summed E-state index contributed by atoms with van der Waals surface area (Å²) in [5.41, 5.74) is 7.87. The monoisotopic (exact) mass is 546 g/mol. The predicted molar refractivity (Wildman–Crippen MR) is 147 cm³/mol. The predicted octanol–water partition coefficient (Wildman–Crippen LogP) is 6.95. The van der Waals surface area contributed by atoms with Gasteiger partial charge in [-0.05, 0) is 70.9 Å². The first-order valence-electron chi connectivity index (χ1n) is 10.8. The molecule has 0 bridgehead atoms. The molecule has 0 spiro atoms. The van der Waals surface area contributed by atoms with E-state index in [1.807, 2.05) is 47.8 Å². The quantitative estimate of drug-likeness (QED) is 0.135. The van der Waals surface area contributed by atoms with E-state index in [4.69, 9.17) is 4.74 Å². The number of anilines is 2. The molecular weight excluding hydrogens is 524 g/mol. The molecule has 176 valence electrons. The number of benzene rings is 3. The van der Waals surface area contributed by atoms with Crippen LogP contribution < -0.4 is 15.5 Å². The normalized spacial score (nSPS) is 10.8. The van der Waals surface area contributed by atoms with Crippen LogP contribution >= 0.6 is 27.3 Å². The third-order valence-electron chi connectivity index (χ3n) is 4.94. The number of hydrogen-bond acceptors (Lipinski definition) is 6. The molecule has 1 heterocycles. The lowest BCUT2D eigenvalue weighted by molar-refractivity contribution is 0.0955. The highest BCUT2D eigenvalue weighted by atomic mass is 79.9. The Morgan fingerprint density at radius 3 is 2.63 bits per heavy atom. The van der Waals surface area contributed by atoms with Crippen LogP contribution in [-0.2, 0) is 0 Å². The first-order valence-corrected chi connectivity index (χ1v) is 12.5. The van der Waals surface area contributed by atoms with Crippen LogP contribution in [0.1, 0.15) is 21.5 Å². The first kappa shape index (κ1) is 24.4. The fraction of sp³-hybridized carbons (Fsp3) is 0.0741. The molecule has 4 rings (SSSR count). The molecule has 3 aromatic carbocycles. The molecule has 0 radical (unpaired) electrons. The summed E-state index contributed by atoms with van der Waals surface area (Å²) < 4.78 is 6.32. The van der Waals surface area contributed by atoms with Gasteiger partial charge in [-0.25, -0.2) is 10.4 Å². The number of hydrogen-bond donors (Lipinski definition) is 2. The Labute approximate surface area is 216 Å². The van der Waals surface area contributed by atoms with Gasteiger partial charge in [-0.2, -0.15) is 5.10 Å². The minimum absolute atomic E-state index is 0.294. The molecule has 4 aromatic rings. The Morgan fingerprint density at radius 2 is 1.91 bits per heavy atom. The lowest BCUT2D eigenvalue weighted by Crippen LogP contribution is -2.17. The molecule has 0 aliphatic carbocycles. The van der Waals surface area contributed by atoms with Crippen LogP contribution in [0.2, 0.25) is 0 Å². The number of aromatic nitrogens is 1. The van der Waals surface area contributed by atoms with Gasteiger partial charge in [0.2, 0.25) is 0 Å². The average molecular weight is 547 g/mol. The van der Waals surface area contributed by atoms with Crippen LogP contribution in [0, 0.1) is 6.92 Å². The molecule has 0 saturated carbocycles. The van der Waals surface area contributed by atoms with Crippen LogP contribution in [0.15, 0.2) is 94.3 Å². The maximum Gasteiger partial charge on any atom is 0.271 e. The number of rotatable bonds is 9. The standard InChI is InChI=1S/C27H23BrN4O2S/c1-3-14-34-25-13-6-19(15-23(25)28)16-29-32-26(33)21-9-7-20(8-10-21)24-17-35-27(31-24)30-22-11-4-18(2)5-12-22/h3-13,15-17H,1,14H2,2H3,(H,30,31)(H,32,33)/b29-16-. The van der Waals surface area contributed by atoms with Gasteiger partial charge in [0, 0.05) is 22.2 Å². The van der Waals surface area contributed by atoms with Gasteiger partial charge in [-0.15, -0.1) is 11.3 Å². The lowest BCUT2D eigenvalue weighted by atomic mass is 10.1. The highest BCUT2D eigenvalue weighted by Gasteiger charge is 2.08. The number of ether oxygens (including phenoxy) is 1.